The molecule has 0 bridgehead atoms. The molecule has 0 spiro atoms. The molecule has 2 N–H and O–H groups in total. The summed E-state index contributed by atoms with van der Waals surface area (Å²) in [7, 11) is 1.38. The molecule has 0 fully saturated rings. The van der Waals surface area contributed by atoms with Gasteiger partial charge in [-0.25, -0.2) is 0 Å². The van der Waals surface area contributed by atoms with E-state index >= 15 is 0 Å². The van der Waals surface area contributed by atoms with E-state index in [1.807, 2.05) is 26.0 Å². The number of rotatable bonds is 6. The molecule has 0 aromatic heterocycles. The molecule has 2 atom stereocenters. The first kappa shape index (κ1) is 15.6. The Morgan fingerprint density at radius 1 is 1.52 bits per heavy atom. The van der Waals surface area contributed by atoms with E-state index in [4.69, 9.17) is 19.9 Å². The molecule has 0 radical (unpaired) electrons. The van der Waals surface area contributed by atoms with E-state index in [1.54, 1.807) is 0 Å². The SMILES string of the molecule is CCOc1cc2c(cc1C(CN)CC(=O)OC)OC(C)C2. The van der Waals surface area contributed by atoms with E-state index in [0.29, 0.717) is 13.2 Å². The van der Waals surface area contributed by atoms with Crippen molar-refractivity contribution in [1.82, 2.24) is 0 Å². The third-order valence-corrected chi connectivity index (χ3v) is 3.69. The summed E-state index contributed by atoms with van der Waals surface area (Å²) in [6, 6.07) is 3.97. The fraction of sp³-hybridized carbons (Fsp3) is 0.562. The zero-order valence-corrected chi connectivity index (χ0v) is 12.8. The average Bonchev–Trinajstić information content (AvgIpc) is 2.83. The van der Waals surface area contributed by atoms with E-state index in [-0.39, 0.29) is 24.4 Å². The van der Waals surface area contributed by atoms with Crippen LogP contribution in [0.2, 0.25) is 0 Å². The van der Waals surface area contributed by atoms with Crippen LogP contribution in [0, 0.1) is 0 Å². The molecule has 116 valence electrons. The molecule has 0 aliphatic carbocycles. The lowest BCUT2D eigenvalue weighted by molar-refractivity contribution is -0.141. The van der Waals surface area contributed by atoms with Crippen molar-refractivity contribution in [3.8, 4) is 11.5 Å². The molecule has 1 heterocycles. The number of methoxy groups -OCH3 is 1. The molecule has 2 unspecified atom stereocenters. The summed E-state index contributed by atoms with van der Waals surface area (Å²) in [5.41, 5.74) is 7.90. The standard InChI is InChI=1S/C16H23NO4/c1-4-20-15-6-11-5-10(2)21-14(11)8-13(15)12(9-17)7-16(18)19-3/h6,8,10,12H,4-5,7,9,17H2,1-3H3. The van der Waals surface area contributed by atoms with Gasteiger partial charge in [-0.2, -0.15) is 0 Å². The summed E-state index contributed by atoms with van der Waals surface area (Å²) in [5.74, 6) is 1.24. The normalized spacial score (nSPS) is 17.8. The maximum absolute atomic E-state index is 11.6. The van der Waals surface area contributed by atoms with Crippen molar-refractivity contribution in [2.24, 2.45) is 5.73 Å². The Balaban J connectivity index is 2.35. The molecule has 5 nitrogen and oxygen atoms in total. The van der Waals surface area contributed by atoms with Crippen molar-refractivity contribution in [2.45, 2.75) is 38.7 Å². The molecule has 1 aromatic rings. The average molecular weight is 293 g/mol. The highest BCUT2D eigenvalue weighted by molar-refractivity contribution is 5.71. The molecule has 1 aliphatic rings. The molecule has 0 saturated heterocycles. The van der Waals surface area contributed by atoms with E-state index in [9.17, 15) is 4.79 Å². The van der Waals surface area contributed by atoms with Gasteiger partial charge in [0.2, 0.25) is 0 Å². The van der Waals surface area contributed by atoms with Crippen molar-refractivity contribution in [2.75, 3.05) is 20.3 Å². The van der Waals surface area contributed by atoms with Crippen molar-refractivity contribution >= 4 is 5.97 Å². The van der Waals surface area contributed by atoms with Gasteiger partial charge in [-0.05, 0) is 32.5 Å². The number of esters is 1. The first-order valence-electron chi connectivity index (χ1n) is 7.32. The van der Waals surface area contributed by atoms with Crippen LogP contribution in [-0.4, -0.2) is 32.3 Å². The quantitative estimate of drug-likeness (QED) is 0.812. The van der Waals surface area contributed by atoms with Gasteiger partial charge in [0.05, 0.1) is 20.1 Å². The smallest absolute Gasteiger partial charge is 0.306 e. The number of hydrogen-bond donors (Lipinski definition) is 1. The molecule has 21 heavy (non-hydrogen) atoms. The molecular weight excluding hydrogens is 270 g/mol. The Labute approximate surface area is 125 Å². The van der Waals surface area contributed by atoms with Gasteiger partial charge < -0.3 is 19.9 Å². The van der Waals surface area contributed by atoms with Crippen LogP contribution in [0.4, 0.5) is 0 Å². The Morgan fingerprint density at radius 2 is 2.29 bits per heavy atom. The lowest BCUT2D eigenvalue weighted by Crippen LogP contribution is -2.18. The van der Waals surface area contributed by atoms with Crippen LogP contribution < -0.4 is 15.2 Å². The molecule has 2 rings (SSSR count). The van der Waals surface area contributed by atoms with Crippen LogP contribution in [0.1, 0.15) is 37.3 Å². The lowest BCUT2D eigenvalue weighted by Gasteiger charge is -2.19. The predicted octanol–water partition coefficient (Wildman–Crippen LogP) is 2.01. The van der Waals surface area contributed by atoms with Crippen molar-refractivity contribution in [3.63, 3.8) is 0 Å². The predicted molar refractivity (Wildman–Crippen MR) is 79.8 cm³/mol. The lowest BCUT2D eigenvalue weighted by atomic mass is 9.93. The Morgan fingerprint density at radius 3 is 2.90 bits per heavy atom. The largest absolute Gasteiger partial charge is 0.494 e. The summed E-state index contributed by atoms with van der Waals surface area (Å²) >= 11 is 0. The van der Waals surface area contributed by atoms with E-state index in [1.165, 1.54) is 7.11 Å². The fourth-order valence-corrected chi connectivity index (χ4v) is 2.66. The minimum Gasteiger partial charge on any atom is -0.494 e. The van der Waals surface area contributed by atoms with Gasteiger partial charge in [0.25, 0.3) is 0 Å². The Kier molecular flexibility index (Phi) is 5.07. The second-order valence-corrected chi connectivity index (χ2v) is 5.28. The van der Waals surface area contributed by atoms with E-state index in [2.05, 4.69) is 0 Å². The van der Waals surface area contributed by atoms with Crippen LogP contribution in [0.15, 0.2) is 12.1 Å². The van der Waals surface area contributed by atoms with Gasteiger partial charge in [0.1, 0.15) is 17.6 Å². The number of benzene rings is 1. The third kappa shape index (κ3) is 3.47. The molecule has 1 aliphatic heterocycles. The van der Waals surface area contributed by atoms with Crippen LogP contribution in [0.25, 0.3) is 0 Å². The number of hydrogen-bond acceptors (Lipinski definition) is 5. The van der Waals surface area contributed by atoms with Gasteiger partial charge in [-0.15, -0.1) is 0 Å². The van der Waals surface area contributed by atoms with Crippen molar-refractivity contribution in [1.29, 1.82) is 0 Å². The fourth-order valence-electron chi connectivity index (χ4n) is 2.66. The summed E-state index contributed by atoms with van der Waals surface area (Å²) in [5, 5.41) is 0. The molecule has 1 aromatic carbocycles. The van der Waals surface area contributed by atoms with Crippen LogP contribution in [-0.2, 0) is 16.0 Å². The first-order valence-corrected chi connectivity index (χ1v) is 7.32. The molecule has 5 heteroatoms. The van der Waals surface area contributed by atoms with Gasteiger partial charge in [-0.3, -0.25) is 4.79 Å². The highest BCUT2D eigenvalue weighted by atomic mass is 16.5. The second kappa shape index (κ2) is 6.80. The second-order valence-electron chi connectivity index (χ2n) is 5.28. The third-order valence-electron chi connectivity index (χ3n) is 3.69. The van der Waals surface area contributed by atoms with Gasteiger partial charge >= 0.3 is 5.97 Å². The monoisotopic (exact) mass is 293 g/mol. The number of fused-ring (bicyclic) bond motifs is 1. The molecular formula is C16H23NO4. The summed E-state index contributed by atoms with van der Waals surface area (Å²) in [6.07, 6.45) is 1.28. The molecule has 0 amide bonds. The maximum Gasteiger partial charge on any atom is 0.306 e. The summed E-state index contributed by atoms with van der Waals surface area (Å²) in [4.78, 5) is 11.6. The number of ether oxygens (including phenoxy) is 3. The number of carbonyl (C=O) groups excluding carboxylic acids is 1. The highest BCUT2D eigenvalue weighted by Crippen LogP contribution is 2.39. The van der Waals surface area contributed by atoms with Crippen LogP contribution in [0.3, 0.4) is 0 Å². The Bertz CT molecular complexity index is 515. The van der Waals surface area contributed by atoms with Crippen molar-refractivity contribution in [3.05, 3.63) is 23.3 Å². The summed E-state index contributed by atoms with van der Waals surface area (Å²) in [6.45, 7) is 4.89. The number of carbonyl (C=O) groups is 1. The molecule has 0 saturated carbocycles. The topological polar surface area (TPSA) is 70.8 Å². The Hall–Kier alpha value is -1.75. The minimum absolute atomic E-state index is 0.135. The first-order chi connectivity index (χ1) is 10.1. The van der Waals surface area contributed by atoms with Gasteiger partial charge in [-0.1, -0.05) is 0 Å². The van der Waals surface area contributed by atoms with Crippen LogP contribution >= 0.6 is 0 Å². The maximum atomic E-state index is 11.6. The van der Waals surface area contributed by atoms with Gasteiger partial charge in [0.15, 0.2) is 0 Å². The minimum atomic E-state index is -0.275. The zero-order valence-electron chi connectivity index (χ0n) is 12.8. The van der Waals surface area contributed by atoms with E-state index in [0.717, 1.165) is 29.0 Å². The summed E-state index contributed by atoms with van der Waals surface area (Å²) < 4.78 is 16.3. The van der Waals surface area contributed by atoms with E-state index < -0.39 is 0 Å². The van der Waals surface area contributed by atoms with Crippen LogP contribution in [0.5, 0.6) is 11.5 Å². The van der Waals surface area contributed by atoms with Gasteiger partial charge in [0, 0.05) is 23.5 Å². The van der Waals surface area contributed by atoms with Crippen molar-refractivity contribution < 1.29 is 19.0 Å². The highest BCUT2D eigenvalue weighted by Gasteiger charge is 2.26. The zero-order chi connectivity index (χ0) is 15.4. The number of nitrogens with two attached hydrogens (primary N) is 1.